The number of nitrogens with zero attached hydrogens (tertiary/aromatic N) is 4. The minimum atomic E-state index is 0.301. The van der Waals surface area contributed by atoms with Crippen molar-refractivity contribution in [1.29, 1.82) is 0 Å². The van der Waals surface area contributed by atoms with Crippen molar-refractivity contribution in [1.82, 2.24) is 15.0 Å². The van der Waals surface area contributed by atoms with Crippen molar-refractivity contribution in [3.63, 3.8) is 0 Å². The van der Waals surface area contributed by atoms with Crippen molar-refractivity contribution >= 4 is 11.9 Å². The molecule has 1 aromatic rings. The van der Waals surface area contributed by atoms with Crippen molar-refractivity contribution in [3.8, 4) is 6.01 Å². The fourth-order valence-corrected chi connectivity index (χ4v) is 2.49. The van der Waals surface area contributed by atoms with Gasteiger partial charge in [-0.3, -0.25) is 0 Å². The fraction of sp³-hybridized carbons (Fsp3) is 0.786. The predicted octanol–water partition coefficient (Wildman–Crippen LogP) is 2.33. The van der Waals surface area contributed by atoms with Crippen LogP contribution in [0.15, 0.2) is 0 Å². The lowest BCUT2D eigenvalue weighted by atomic mass is 9.84. The van der Waals surface area contributed by atoms with Gasteiger partial charge in [0.2, 0.25) is 11.9 Å². The summed E-state index contributed by atoms with van der Waals surface area (Å²) in [6.07, 6.45) is 3.44. The SMILES string of the molecule is CCCNc1nc(OC)nc(N2CCCC(C)(C)C2)n1. The molecular weight excluding hydrogens is 254 g/mol. The molecule has 0 spiro atoms. The van der Waals surface area contributed by atoms with Gasteiger partial charge in [0.1, 0.15) is 0 Å². The molecular formula is C14H25N5O. The maximum Gasteiger partial charge on any atom is 0.322 e. The molecule has 2 rings (SSSR count). The molecule has 6 heteroatoms. The number of piperidine rings is 1. The van der Waals surface area contributed by atoms with Crippen molar-refractivity contribution < 1.29 is 4.74 Å². The second-order valence-corrected chi connectivity index (χ2v) is 6.06. The Labute approximate surface area is 121 Å². The van der Waals surface area contributed by atoms with Gasteiger partial charge in [0.25, 0.3) is 0 Å². The third-order valence-corrected chi connectivity index (χ3v) is 3.50. The molecule has 0 atom stereocenters. The second-order valence-electron chi connectivity index (χ2n) is 6.06. The Kier molecular flexibility index (Phi) is 4.62. The van der Waals surface area contributed by atoms with Crippen LogP contribution < -0.4 is 15.0 Å². The molecule has 1 N–H and O–H groups in total. The summed E-state index contributed by atoms with van der Waals surface area (Å²) in [4.78, 5) is 15.4. The van der Waals surface area contributed by atoms with Crippen LogP contribution in [0.25, 0.3) is 0 Å². The molecule has 112 valence electrons. The highest BCUT2D eigenvalue weighted by Crippen LogP contribution is 2.30. The highest BCUT2D eigenvalue weighted by atomic mass is 16.5. The van der Waals surface area contributed by atoms with Gasteiger partial charge in [0.15, 0.2) is 0 Å². The number of hydrogen-bond acceptors (Lipinski definition) is 6. The molecule has 2 heterocycles. The smallest absolute Gasteiger partial charge is 0.322 e. The van der Waals surface area contributed by atoms with Crippen molar-refractivity contribution in [3.05, 3.63) is 0 Å². The van der Waals surface area contributed by atoms with E-state index in [1.807, 2.05) is 0 Å². The number of methoxy groups -OCH3 is 1. The molecule has 1 aliphatic rings. The number of aromatic nitrogens is 3. The molecule has 20 heavy (non-hydrogen) atoms. The first-order valence-electron chi connectivity index (χ1n) is 7.33. The van der Waals surface area contributed by atoms with E-state index >= 15 is 0 Å². The van der Waals surface area contributed by atoms with E-state index in [9.17, 15) is 0 Å². The van der Waals surface area contributed by atoms with Gasteiger partial charge in [0, 0.05) is 19.6 Å². The maximum atomic E-state index is 5.19. The molecule has 6 nitrogen and oxygen atoms in total. The summed E-state index contributed by atoms with van der Waals surface area (Å²) in [5, 5.41) is 3.20. The number of anilines is 2. The summed E-state index contributed by atoms with van der Waals surface area (Å²) in [6, 6.07) is 0.372. The van der Waals surface area contributed by atoms with E-state index in [1.165, 1.54) is 12.8 Å². The van der Waals surface area contributed by atoms with Crippen LogP contribution in [0, 0.1) is 5.41 Å². The minimum Gasteiger partial charge on any atom is -0.467 e. The lowest BCUT2D eigenvalue weighted by Crippen LogP contribution is -2.41. The first kappa shape index (κ1) is 14.8. The van der Waals surface area contributed by atoms with Gasteiger partial charge in [-0.2, -0.15) is 15.0 Å². The van der Waals surface area contributed by atoms with Crippen LogP contribution in [-0.4, -0.2) is 41.7 Å². The first-order chi connectivity index (χ1) is 9.54. The van der Waals surface area contributed by atoms with Crippen LogP contribution in [-0.2, 0) is 0 Å². The third kappa shape index (κ3) is 3.71. The lowest BCUT2D eigenvalue weighted by Gasteiger charge is -2.38. The van der Waals surface area contributed by atoms with Gasteiger partial charge in [0.05, 0.1) is 7.11 Å². The lowest BCUT2D eigenvalue weighted by molar-refractivity contribution is 0.289. The fourth-order valence-electron chi connectivity index (χ4n) is 2.49. The Morgan fingerprint density at radius 3 is 2.75 bits per heavy atom. The van der Waals surface area contributed by atoms with E-state index in [4.69, 9.17) is 4.74 Å². The molecule has 0 saturated carbocycles. The van der Waals surface area contributed by atoms with E-state index in [-0.39, 0.29) is 0 Å². The Morgan fingerprint density at radius 2 is 2.10 bits per heavy atom. The Hall–Kier alpha value is -1.59. The summed E-state index contributed by atoms with van der Waals surface area (Å²) in [5.74, 6) is 1.31. The quantitative estimate of drug-likeness (QED) is 0.892. The van der Waals surface area contributed by atoms with Gasteiger partial charge in [-0.25, -0.2) is 0 Å². The zero-order valence-corrected chi connectivity index (χ0v) is 12.9. The number of hydrogen-bond donors (Lipinski definition) is 1. The van der Waals surface area contributed by atoms with E-state index < -0.39 is 0 Å². The summed E-state index contributed by atoms with van der Waals surface area (Å²) >= 11 is 0. The van der Waals surface area contributed by atoms with Crippen LogP contribution in [0.5, 0.6) is 6.01 Å². The molecule has 0 radical (unpaired) electrons. The average Bonchev–Trinajstić information content (AvgIpc) is 2.43. The van der Waals surface area contributed by atoms with Gasteiger partial charge in [-0.15, -0.1) is 0 Å². The van der Waals surface area contributed by atoms with E-state index in [2.05, 4.69) is 45.9 Å². The first-order valence-corrected chi connectivity index (χ1v) is 7.33. The maximum absolute atomic E-state index is 5.19. The van der Waals surface area contributed by atoms with Crippen molar-refractivity contribution in [2.75, 3.05) is 37.0 Å². The Bertz CT molecular complexity index is 449. The summed E-state index contributed by atoms with van der Waals surface area (Å²) in [7, 11) is 1.59. The van der Waals surface area contributed by atoms with E-state index in [1.54, 1.807) is 7.11 Å². The molecule has 0 unspecified atom stereocenters. The highest BCUT2D eigenvalue weighted by Gasteiger charge is 2.28. The molecule has 1 saturated heterocycles. The van der Waals surface area contributed by atoms with E-state index in [0.29, 0.717) is 23.3 Å². The van der Waals surface area contributed by atoms with Crippen LogP contribution in [0.4, 0.5) is 11.9 Å². The number of nitrogens with one attached hydrogen (secondary N) is 1. The molecule has 1 aromatic heterocycles. The summed E-state index contributed by atoms with van der Waals surface area (Å²) < 4.78 is 5.19. The Morgan fingerprint density at radius 1 is 1.30 bits per heavy atom. The predicted molar refractivity (Wildman–Crippen MR) is 80.4 cm³/mol. The van der Waals surface area contributed by atoms with Crippen molar-refractivity contribution in [2.24, 2.45) is 5.41 Å². The standard InChI is InChI=1S/C14H25N5O/c1-5-8-15-11-16-12(18-13(17-11)20-4)19-9-6-7-14(2,3)10-19/h5-10H2,1-4H3,(H,15,16,17,18). The minimum absolute atomic E-state index is 0.301. The second kappa shape index (κ2) is 6.24. The molecule has 0 bridgehead atoms. The topological polar surface area (TPSA) is 63.2 Å². The third-order valence-electron chi connectivity index (χ3n) is 3.50. The van der Waals surface area contributed by atoms with Gasteiger partial charge < -0.3 is 15.0 Å². The van der Waals surface area contributed by atoms with Crippen molar-refractivity contribution in [2.45, 2.75) is 40.0 Å². The van der Waals surface area contributed by atoms with Gasteiger partial charge in [-0.1, -0.05) is 20.8 Å². The number of ether oxygens (including phenoxy) is 1. The molecule has 1 fully saturated rings. The molecule has 0 aromatic carbocycles. The monoisotopic (exact) mass is 279 g/mol. The Balaban J connectivity index is 2.21. The van der Waals surface area contributed by atoms with Gasteiger partial charge in [-0.05, 0) is 24.7 Å². The summed E-state index contributed by atoms with van der Waals surface area (Å²) in [6.45, 7) is 9.48. The molecule has 0 aliphatic carbocycles. The van der Waals surface area contributed by atoms with Gasteiger partial charge >= 0.3 is 6.01 Å². The largest absolute Gasteiger partial charge is 0.467 e. The highest BCUT2D eigenvalue weighted by molar-refractivity contribution is 5.39. The number of rotatable bonds is 5. The van der Waals surface area contributed by atoms with Crippen LogP contribution in [0.1, 0.15) is 40.0 Å². The van der Waals surface area contributed by atoms with Crippen LogP contribution >= 0.6 is 0 Å². The average molecular weight is 279 g/mol. The zero-order chi connectivity index (χ0) is 14.6. The summed E-state index contributed by atoms with van der Waals surface area (Å²) in [5.41, 5.74) is 0.301. The van der Waals surface area contributed by atoms with Crippen LogP contribution in [0.2, 0.25) is 0 Å². The van der Waals surface area contributed by atoms with Crippen LogP contribution in [0.3, 0.4) is 0 Å². The molecule has 0 amide bonds. The van der Waals surface area contributed by atoms with E-state index in [0.717, 1.165) is 26.1 Å². The normalized spacial score (nSPS) is 17.9. The molecule has 1 aliphatic heterocycles. The zero-order valence-electron chi connectivity index (χ0n) is 12.9.